The third kappa shape index (κ3) is 3.18. The summed E-state index contributed by atoms with van der Waals surface area (Å²) in [5.41, 5.74) is 5.68. The molecule has 0 saturated carbocycles. The molecular weight excluding hydrogens is 178 g/mol. The molecule has 0 aromatic carbocycles. The number of urea groups is 1. The Morgan fingerprint density at radius 3 is 2.71 bits per heavy atom. The molecule has 1 aliphatic heterocycles. The predicted octanol–water partition coefficient (Wildman–Crippen LogP) is 0.918. The van der Waals surface area contributed by atoms with Gasteiger partial charge in [0.2, 0.25) is 0 Å². The maximum Gasteiger partial charge on any atom is 0.317 e. The van der Waals surface area contributed by atoms with Gasteiger partial charge in [-0.2, -0.15) is 0 Å². The number of carbonyl (C=O) groups excluding carboxylic acids is 1. The van der Waals surface area contributed by atoms with Crippen LogP contribution >= 0.6 is 0 Å². The van der Waals surface area contributed by atoms with E-state index in [2.05, 4.69) is 12.2 Å². The summed E-state index contributed by atoms with van der Waals surface area (Å²) in [6, 6.07) is 0.379. The highest BCUT2D eigenvalue weighted by Crippen LogP contribution is 2.11. The lowest BCUT2D eigenvalue weighted by atomic mass is 10.0. The summed E-state index contributed by atoms with van der Waals surface area (Å²) >= 11 is 0. The number of rotatable bonds is 4. The smallest absolute Gasteiger partial charge is 0.317 e. The number of nitrogens with zero attached hydrogens (tertiary/aromatic N) is 1. The molecule has 0 aromatic heterocycles. The topological polar surface area (TPSA) is 58.4 Å². The Labute approximate surface area is 85.8 Å². The second-order valence-electron chi connectivity index (χ2n) is 4.74. The maximum atomic E-state index is 11.4. The Hall–Kier alpha value is -0.770. The van der Waals surface area contributed by atoms with Crippen LogP contribution in [-0.2, 0) is 0 Å². The number of nitrogens with two attached hydrogens (primary N) is 1. The van der Waals surface area contributed by atoms with Crippen molar-refractivity contribution in [3.63, 3.8) is 0 Å². The standard InChI is InChI=1S/C10H21N3O/c1-4-8-7-13(9(14)12-8)6-5-10(2,3)11/h8H,4-7,11H2,1-3H3,(H,12,14). The van der Waals surface area contributed by atoms with E-state index < -0.39 is 0 Å². The zero-order valence-electron chi connectivity index (χ0n) is 9.34. The van der Waals surface area contributed by atoms with Crippen molar-refractivity contribution in [2.75, 3.05) is 13.1 Å². The molecule has 14 heavy (non-hydrogen) atoms. The molecule has 3 N–H and O–H groups in total. The minimum Gasteiger partial charge on any atom is -0.333 e. The first-order chi connectivity index (χ1) is 6.42. The molecular formula is C10H21N3O. The van der Waals surface area contributed by atoms with E-state index in [1.165, 1.54) is 0 Å². The normalized spacial score (nSPS) is 22.7. The number of nitrogens with one attached hydrogen (secondary N) is 1. The highest BCUT2D eigenvalue weighted by atomic mass is 16.2. The first kappa shape index (κ1) is 11.3. The van der Waals surface area contributed by atoms with Crippen molar-refractivity contribution < 1.29 is 4.79 Å². The van der Waals surface area contributed by atoms with Crippen LogP contribution in [0.3, 0.4) is 0 Å². The summed E-state index contributed by atoms with van der Waals surface area (Å²) in [6.45, 7) is 7.63. The molecule has 1 unspecified atom stereocenters. The van der Waals surface area contributed by atoms with Gasteiger partial charge in [0.05, 0.1) is 0 Å². The minimum absolute atomic E-state index is 0.0566. The summed E-state index contributed by atoms with van der Waals surface area (Å²) in [6.07, 6.45) is 1.84. The number of hydrogen-bond donors (Lipinski definition) is 2. The predicted molar refractivity (Wildman–Crippen MR) is 57.1 cm³/mol. The first-order valence-electron chi connectivity index (χ1n) is 5.26. The summed E-state index contributed by atoms with van der Waals surface area (Å²) in [5, 5.41) is 2.94. The van der Waals surface area contributed by atoms with Gasteiger partial charge in [-0.1, -0.05) is 6.92 Å². The van der Waals surface area contributed by atoms with Gasteiger partial charge in [-0.3, -0.25) is 0 Å². The second-order valence-corrected chi connectivity index (χ2v) is 4.74. The van der Waals surface area contributed by atoms with E-state index in [0.29, 0.717) is 6.04 Å². The van der Waals surface area contributed by atoms with Crippen molar-refractivity contribution in [3.8, 4) is 0 Å². The second kappa shape index (κ2) is 4.17. The number of hydrogen-bond acceptors (Lipinski definition) is 2. The molecule has 1 rings (SSSR count). The van der Waals surface area contributed by atoms with Crippen LogP contribution in [0.4, 0.5) is 4.79 Å². The molecule has 1 heterocycles. The van der Waals surface area contributed by atoms with Gasteiger partial charge in [0, 0.05) is 24.7 Å². The third-order valence-corrected chi connectivity index (χ3v) is 2.57. The van der Waals surface area contributed by atoms with Crippen molar-refractivity contribution in [2.24, 2.45) is 5.73 Å². The average molecular weight is 199 g/mol. The lowest BCUT2D eigenvalue weighted by Gasteiger charge is -2.22. The van der Waals surface area contributed by atoms with E-state index in [1.54, 1.807) is 0 Å². The van der Waals surface area contributed by atoms with Gasteiger partial charge in [-0.15, -0.1) is 0 Å². The van der Waals surface area contributed by atoms with Gasteiger partial charge in [-0.05, 0) is 26.7 Å². The van der Waals surface area contributed by atoms with E-state index in [4.69, 9.17) is 5.73 Å². The largest absolute Gasteiger partial charge is 0.333 e. The van der Waals surface area contributed by atoms with Crippen LogP contribution in [0.2, 0.25) is 0 Å². The molecule has 1 saturated heterocycles. The van der Waals surface area contributed by atoms with Crippen LogP contribution in [-0.4, -0.2) is 35.6 Å². The average Bonchev–Trinajstić information content (AvgIpc) is 2.42. The molecule has 0 spiro atoms. The van der Waals surface area contributed by atoms with Crippen LogP contribution in [0, 0.1) is 0 Å². The van der Waals surface area contributed by atoms with Gasteiger partial charge in [-0.25, -0.2) is 4.79 Å². The van der Waals surface area contributed by atoms with Crippen molar-refractivity contribution >= 4 is 6.03 Å². The summed E-state index contributed by atoms with van der Waals surface area (Å²) in [7, 11) is 0. The Morgan fingerprint density at radius 2 is 2.29 bits per heavy atom. The lowest BCUT2D eigenvalue weighted by molar-refractivity contribution is 0.213. The quantitative estimate of drug-likeness (QED) is 0.707. The molecule has 4 heteroatoms. The van der Waals surface area contributed by atoms with Gasteiger partial charge < -0.3 is 16.0 Å². The SMILES string of the molecule is CCC1CN(CCC(C)(C)N)C(=O)N1. The van der Waals surface area contributed by atoms with Crippen LogP contribution in [0.15, 0.2) is 0 Å². The van der Waals surface area contributed by atoms with Crippen LogP contribution in [0.5, 0.6) is 0 Å². The summed E-state index contributed by atoms with van der Waals surface area (Å²) in [5.74, 6) is 0. The molecule has 0 radical (unpaired) electrons. The van der Waals surface area contributed by atoms with E-state index >= 15 is 0 Å². The molecule has 1 atom stereocenters. The van der Waals surface area contributed by atoms with Gasteiger partial charge in [0.15, 0.2) is 0 Å². The zero-order valence-corrected chi connectivity index (χ0v) is 9.34. The molecule has 82 valence electrons. The molecule has 0 aromatic rings. The van der Waals surface area contributed by atoms with Crippen molar-refractivity contribution in [1.82, 2.24) is 10.2 Å². The number of amides is 2. The van der Waals surface area contributed by atoms with E-state index in [1.807, 2.05) is 18.7 Å². The maximum absolute atomic E-state index is 11.4. The minimum atomic E-state index is -0.190. The number of carbonyl (C=O) groups is 1. The van der Waals surface area contributed by atoms with Crippen LogP contribution in [0.25, 0.3) is 0 Å². The van der Waals surface area contributed by atoms with Gasteiger partial charge in [0.25, 0.3) is 0 Å². The van der Waals surface area contributed by atoms with Crippen molar-refractivity contribution in [1.29, 1.82) is 0 Å². The fourth-order valence-corrected chi connectivity index (χ4v) is 1.51. The van der Waals surface area contributed by atoms with Crippen molar-refractivity contribution in [3.05, 3.63) is 0 Å². The first-order valence-corrected chi connectivity index (χ1v) is 5.26. The van der Waals surface area contributed by atoms with Gasteiger partial charge >= 0.3 is 6.03 Å². The van der Waals surface area contributed by atoms with Crippen LogP contribution in [0.1, 0.15) is 33.6 Å². The Balaban J connectivity index is 2.36. The molecule has 0 bridgehead atoms. The fourth-order valence-electron chi connectivity index (χ4n) is 1.51. The highest BCUT2D eigenvalue weighted by molar-refractivity contribution is 5.76. The molecule has 4 nitrogen and oxygen atoms in total. The Morgan fingerprint density at radius 1 is 1.64 bits per heavy atom. The molecule has 0 aliphatic carbocycles. The Bertz CT molecular complexity index is 210. The third-order valence-electron chi connectivity index (χ3n) is 2.57. The van der Waals surface area contributed by atoms with E-state index in [0.717, 1.165) is 25.9 Å². The lowest BCUT2D eigenvalue weighted by Crippen LogP contribution is -2.38. The fraction of sp³-hybridized carbons (Fsp3) is 0.900. The Kier molecular flexibility index (Phi) is 3.37. The summed E-state index contributed by atoms with van der Waals surface area (Å²) in [4.78, 5) is 13.3. The van der Waals surface area contributed by atoms with Crippen molar-refractivity contribution in [2.45, 2.75) is 45.2 Å². The zero-order chi connectivity index (χ0) is 10.8. The molecule has 1 aliphatic rings. The van der Waals surface area contributed by atoms with E-state index in [-0.39, 0.29) is 11.6 Å². The van der Waals surface area contributed by atoms with E-state index in [9.17, 15) is 4.79 Å². The summed E-state index contributed by atoms with van der Waals surface area (Å²) < 4.78 is 0. The highest BCUT2D eigenvalue weighted by Gasteiger charge is 2.27. The van der Waals surface area contributed by atoms with Gasteiger partial charge in [0.1, 0.15) is 0 Å². The molecule has 2 amide bonds. The monoisotopic (exact) mass is 199 g/mol. The van der Waals surface area contributed by atoms with Crippen LogP contribution < -0.4 is 11.1 Å². The molecule has 1 fully saturated rings.